The maximum atomic E-state index is 5.30. The van der Waals surface area contributed by atoms with Crippen LogP contribution in [0.2, 0.25) is 0 Å². The highest BCUT2D eigenvalue weighted by Crippen LogP contribution is 2.21. The normalized spacial score (nSPS) is 21.9. The molecule has 1 heterocycles. The van der Waals surface area contributed by atoms with E-state index in [1.54, 1.807) is 0 Å². The minimum atomic E-state index is 0.332. The lowest BCUT2D eigenvalue weighted by Gasteiger charge is -2.20. The quantitative estimate of drug-likeness (QED) is 0.547. The molecule has 0 saturated carbocycles. The average Bonchev–Trinajstić information content (AvgIpc) is 2.02. The van der Waals surface area contributed by atoms with Gasteiger partial charge in [0.05, 0.1) is 0 Å². The van der Waals surface area contributed by atoms with Crippen LogP contribution in [-0.4, -0.2) is 13.2 Å². The van der Waals surface area contributed by atoms with E-state index in [1.165, 1.54) is 12.8 Å². The van der Waals surface area contributed by atoms with Crippen molar-refractivity contribution in [3.05, 3.63) is 12.2 Å². The molecule has 70 valence electrons. The van der Waals surface area contributed by atoms with Gasteiger partial charge in [-0.05, 0) is 24.2 Å². The molecule has 1 heteroatoms. The van der Waals surface area contributed by atoms with Gasteiger partial charge in [-0.3, -0.25) is 0 Å². The van der Waals surface area contributed by atoms with Gasteiger partial charge in [0.1, 0.15) is 0 Å². The van der Waals surface area contributed by atoms with E-state index in [4.69, 9.17) is 4.74 Å². The highest BCUT2D eigenvalue weighted by molar-refractivity contribution is 4.96. The Morgan fingerprint density at radius 3 is 2.25 bits per heavy atom. The van der Waals surface area contributed by atoms with Gasteiger partial charge in [0.25, 0.3) is 0 Å². The second-order valence-corrected chi connectivity index (χ2v) is 4.67. The Bertz CT molecular complexity index is 147. The Balaban J connectivity index is 2.33. The largest absolute Gasteiger partial charge is 0.381 e. The third-order valence-corrected chi connectivity index (χ3v) is 2.13. The summed E-state index contributed by atoms with van der Waals surface area (Å²) in [5.41, 5.74) is 0.332. The maximum Gasteiger partial charge on any atom is 0.0471 e. The predicted molar refractivity (Wildman–Crippen MR) is 52.1 cm³/mol. The van der Waals surface area contributed by atoms with Gasteiger partial charge < -0.3 is 4.74 Å². The molecule has 0 aromatic rings. The van der Waals surface area contributed by atoms with Gasteiger partial charge in [-0.2, -0.15) is 0 Å². The second-order valence-electron chi connectivity index (χ2n) is 4.67. The molecule has 0 aliphatic carbocycles. The molecule has 1 fully saturated rings. The highest BCUT2D eigenvalue weighted by atomic mass is 16.5. The molecule has 0 N–H and O–H groups in total. The molecule has 0 aromatic heterocycles. The Labute approximate surface area is 75.8 Å². The summed E-state index contributed by atoms with van der Waals surface area (Å²) in [5.74, 6) is 0.762. The molecule has 0 spiro atoms. The Morgan fingerprint density at radius 1 is 1.17 bits per heavy atom. The van der Waals surface area contributed by atoms with Crippen LogP contribution >= 0.6 is 0 Å². The molecular weight excluding hydrogens is 148 g/mol. The van der Waals surface area contributed by atoms with Gasteiger partial charge in [0.2, 0.25) is 0 Å². The van der Waals surface area contributed by atoms with Crippen molar-refractivity contribution < 1.29 is 4.74 Å². The first-order valence-corrected chi connectivity index (χ1v) is 4.85. The minimum Gasteiger partial charge on any atom is -0.381 e. The number of hydrogen-bond donors (Lipinski definition) is 0. The van der Waals surface area contributed by atoms with Gasteiger partial charge in [-0.15, -0.1) is 0 Å². The molecule has 0 aromatic carbocycles. The van der Waals surface area contributed by atoms with Crippen molar-refractivity contribution in [2.75, 3.05) is 13.2 Å². The molecule has 1 aliphatic heterocycles. The van der Waals surface area contributed by atoms with E-state index in [0.29, 0.717) is 5.41 Å². The van der Waals surface area contributed by atoms with E-state index in [1.807, 2.05) is 0 Å². The lowest BCUT2D eigenvalue weighted by atomic mass is 9.91. The summed E-state index contributed by atoms with van der Waals surface area (Å²) in [6.07, 6.45) is 7.09. The van der Waals surface area contributed by atoms with Crippen LogP contribution in [0.3, 0.4) is 0 Å². The van der Waals surface area contributed by atoms with E-state index in [0.717, 1.165) is 19.1 Å². The van der Waals surface area contributed by atoms with Crippen LogP contribution in [0, 0.1) is 11.3 Å². The summed E-state index contributed by atoms with van der Waals surface area (Å²) in [5, 5.41) is 0. The van der Waals surface area contributed by atoms with Crippen LogP contribution < -0.4 is 0 Å². The summed E-state index contributed by atoms with van der Waals surface area (Å²) in [6.45, 7) is 8.60. The van der Waals surface area contributed by atoms with Gasteiger partial charge in [0.15, 0.2) is 0 Å². The van der Waals surface area contributed by atoms with Crippen LogP contribution in [-0.2, 0) is 4.74 Å². The van der Waals surface area contributed by atoms with Crippen LogP contribution in [0.5, 0.6) is 0 Å². The SMILES string of the molecule is CC(C)(C)/C=C/C1CCOCC1. The first kappa shape index (κ1) is 9.79. The second kappa shape index (κ2) is 4.08. The van der Waals surface area contributed by atoms with Crippen molar-refractivity contribution in [3.63, 3.8) is 0 Å². The Kier molecular flexibility index (Phi) is 3.33. The zero-order valence-corrected chi connectivity index (χ0v) is 8.47. The van der Waals surface area contributed by atoms with E-state index < -0.39 is 0 Å². The van der Waals surface area contributed by atoms with Crippen LogP contribution in [0.1, 0.15) is 33.6 Å². The molecule has 1 nitrogen and oxygen atoms in total. The molecule has 0 atom stereocenters. The lowest BCUT2D eigenvalue weighted by Crippen LogP contribution is -2.14. The van der Waals surface area contributed by atoms with Crippen LogP contribution in [0.15, 0.2) is 12.2 Å². The molecule has 0 radical (unpaired) electrons. The minimum absolute atomic E-state index is 0.332. The zero-order valence-electron chi connectivity index (χ0n) is 8.47. The number of ether oxygens (including phenoxy) is 1. The van der Waals surface area contributed by atoms with Crippen molar-refractivity contribution in [2.24, 2.45) is 11.3 Å². The molecule has 12 heavy (non-hydrogen) atoms. The van der Waals surface area contributed by atoms with Crippen molar-refractivity contribution in [1.29, 1.82) is 0 Å². The molecule has 0 amide bonds. The third kappa shape index (κ3) is 3.91. The molecule has 1 rings (SSSR count). The van der Waals surface area contributed by atoms with E-state index >= 15 is 0 Å². The van der Waals surface area contributed by atoms with Crippen molar-refractivity contribution in [3.8, 4) is 0 Å². The predicted octanol–water partition coefficient (Wildman–Crippen LogP) is 3.02. The molecule has 0 bridgehead atoms. The van der Waals surface area contributed by atoms with E-state index in [2.05, 4.69) is 32.9 Å². The van der Waals surface area contributed by atoms with Gasteiger partial charge in [-0.1, -0.05) is 32.9 Å². The lowest BCUT2D eigenvalue weighted by molar-refractivity contribution is 0.0783. The maximum absolute atomic E-state index is 5.30. The molecule has 0 unspecified atom stereocenters. The van der Waals surface area contributed by atoms with Crippen LogP contribution in [0.4, 0.5) is 0 Å². The van der Waals surface area contributed by atoms with Crippen molar-refractivity contribution >= 4 is 0 Å². The molecule has 1 aliphatic rings. The highest BCUT2D eigenvalue weighted by Gasteiger charge is 2.11. The molecular formula is C11H20O. The fraction of sp³-hybridized carbons (Fsp3) is 0.818. The van der Waals surface area contributed by atoms with Crippen LogP contribution in [0.25, 0.3) is 0 Å². The van der Waals surface area contributed by atoms with Crippen molar-refractivity contribution in [2.45, 2.75) is 33.6 Å². The standard InChI is InChI=1S/C11H20O/c1-11(2,3)7-4-10-5-8-12-9-6-10/h4,7,10H,5-6,8-9H2,1-3H3/b7-4+. The van der Waals surface area contributed by atoms with Crippen molar-refractivity contribution in [1.82, 2.24) is 0 Å². The van der Waals surface area contributed by atoms with Gasteiger partial charge >= 0.3 is 0 Å². The summed E-state index contributed by atoms with van der Waals surface area (Å²) >= 11 is 0. The number of rotatable bonds is 1. The number of hydrogen-bond acceptors (Lipinski definition) is 1. The van der Waals surface area contributed by atoms with E-state index in [-0.39, 0.29) is 0 Å². The molecule has 1 saturated heterocycles. The summed E-state index contributed by atoms with van der Waals surface area (Å²) in [7, 11) is 0. The van der Waals surface area contributed by atoms with Gasteiger partial charge in [0, 0.05) is 13.2 Å². The third-order valence-electron chi connectivity index (χ3n) is 2.13. The average molecular weight is 168 g/mol. The van der Waals surface area contributed by atoms with Gasteiger partial charge in [-0.25, -0.2) is 0 Å². The first-order valence-electron chi connectivity index (χ1n) is 4.85. The topological polar surface area (TPSA) is 9.23 Å². The zero-order chi connectivity index (χ0) is 9.03. The fourth-order valence-electron chi connectivity index (χ4n) is 1.33. The first-order chi connectivity index (χ1) is 5.58. The summed E-state index contributed by atoms with van der Waals surface area (Å²) in [6, 6.07) is 0. The Hall–Kier alpha value is -0.300. The monoisotopic (exact) mass is 168 g/mol. The number of allylic oxidation sites excluding steroid dienone is 2. The summed E-state index contributed by atoms with van der Waals surface area (Å²) < 4.78 is 5.30. The van der Waals surface area contributed by atoms with E-state index in [9.17, 15) is 0 Å². The Morgan fingerprint density at radius 2 is 1.75 bits per heavy atom. The smallest absolute Gasteiger partial charge is 0.0471 e. The summed E-state index contributed by atoms with van der Waals surface area (Å²) in [4.78, 5) is 0. The fourth-order valence-corrected chi connectivity index (χ4v) is 1.33.